The number of amides is 2. The number of carbonyl (C=O) groups is 2. The molecule has 0 aromatic heterocycles. The Balaban J connectivity index is 1.64. The number of hydrogen-bond acceptors (Lipinski definition) is 6. The number of likely N-dealkylation sites (tertiary alicyclic amines) is 1. The first kappa shape index (κ1) is 29.9. The number of rotatable bonds is 6. The summed E-state index contributed by atoms with van der Waals surface area (Å²) in [6.07, 6.45) is 4.22. The third-order valence-electron chi connectivity index (χ3n) is 7.51. The van der Waals surface area contributed by atoms with Gasteiger partial charge in [0.1, 0.15) is 17.7 Å². The van der Waals surface area contributed by atoms with Crippen molar-refractivity contribution in [3.8, 4) is 6.07 Å². The van der Waals surface area contributed by atoms with Crippen LogP contribution in [0.1, 0.15) is 77.3 Å². The molecule has 3 rings (SSSR count). The molecule has 0 saturated carbocycles. The van der Waals surface area contributed by atoms with Gasteiger partial charge in [-0.05, 0) is 76.3 Å². The minimum Gasteiger partial charge on any atom is -0.444 e. The molecule has 1 N–H and O–H groups in total. The zero-order chi connectivity index (χ0) is 28.3. The summed E-state index contributed by atoms with van der Waals surface area (Å²) in [5, 5.41) is 12.7. The van der Waals surface area contributed by atoms with Crippen LogP contribution in [0.25, 0.3) is 0 Å². The second kappa shape index (κ2) is 12.0. The van der Waals surface area contributed by atoms with E-state index in [9.17, 15) is 23.3 Å². The van der Waals surface area contributed by atoms with E-state index >= 15 is 0 Å². The summed E-state index contributed by atoms with van der Waals surface area (Å²) in [5.41, 5.74) is 1.39. The average Bonchev–Trinajstić information content (AvgIpc) is 2.83. The third-order valence-corrected chi connectivity index (χ3v) is 8.82. The molecule has 2 heterocycles. The molecule has 0 radical (unpaired) electrons. The molecule has 2 fully saturated rings. The van der Waals surface area contributed by atoms with Crippen molar-refractivity contribution in [2.75, 3.05) is 19.3 Å². The van der Waals surface area contributed by atoms with Gasteiger partial charge < -0.3 is 10.1 Å². The summed E-state index contributed by atoms with van der Waals surface area (Å²) in [6.45, 7) is 10.3. The number of sulfonamides is 1. The van der Waals surface area contributed by atoms with Crippen LogP contribution >= 0.6 is 0 Å². The van der Waals surface area contributed by atoms with Gasteiger partial charge in [0.25, 0.3) is 0 Å². The van der Waals surface area contributed by atoms with Crippen LogP contribution in [0, 0.1) is 17.2 Å². The molecule has 1 aromatic carbocycles. The van der Waals surface area contributed by atoms with Crippen molar-refractivity contribution in [3.63, 3.8) is 0 Å². The van der Waals surface area contributed by atoms with Gasteiger partial charge >= 0.3 is 6.09 Å². The molecule has 1 aromatic rings. The van der Waals surface area contributed by atoms with Gasteiger partial charge in [-0.15, -0.1) is 0 Å². The summed E-state index contributed by atoms with van der Waals surface area (Å²) in [7, 11) is -3.16. The van der Waals surface area contributed by atoms with Gasteiger partial charge in [-0.2, -0.15) is 5.26 Å². The lowest BCUT2D eigenvalue weighted by molar-refractivity contribution is -0.131. The zero-order valence-electron chi connectivity index (χ0n) is 23.4. The Morgan fingerprint density at radius 2 is 1.71 bits per heavy atom. The Labute approximate surface area is 227 Å². The van der Waals surface area contributed by atoms with Gasteiger partial charge in [0.05, 0.1) is 12.3 Å². The van der Waals surface area contributed by atoms with Gasteiger partial charge in [-0.1, -0.05) is 31.2 Å². The van der Waals surface area contributed by atoms with Crippen LogP contribution < -0.4 is 5.32 Å². The Morgan fingerprint density at radius 3 is 2.24 bits per heavy atom. The average molecular weight is 547 g/mol. The molecule has 0 bridgehead atoms. The lowest BCUT2D eigenvalue weighted by Crippen LogP contribution is -2.60. The normalized spacial score (nSPS) is 24.3. The highest BCUT2D eigenvalue weighted by Gasteiger charge is 2.43. The predicted molar refractivity (Wildman–Crippen MR) is 146 cm³/mol. The van der Waals surface area contributed by atoms with Crippen LogP contribution in [0.3, 0.4) is 0 Å². The molecule has 10 heteroatoms. The van der Waals surface area contributed by atoms with Gasteiger partial charge in [-0.3, -0.25) is 9.69 Å². The SMILES string of the molecule is C[C@@H]1CC[C@H](C)N(C(=O)OC(C)(C)C)[C@@H]1C(=O)N[C@H](C#N)Cc1ccc(C2CCN(S(C)(=O)=O)CC2)cc1. The molecule has 2 aliphatic heterocycles. The molecular formula is C28H42N4O5S. The Kier molecular flexibility index (Phi) is 9.48. The van der Waals surface area contributed by atoms with E-state index in [1.54, 1.807) is 20.8 Å². The van der Waals surface area contributed by atoms with Gasteiger partial charge in [0.2, 0.25) is 15.9 Å². The highest BCUT2D eigenvalue weighted by atomic mass is 32.2. The van der Waals surface area contributed by atoms with Crippen molar-refractivity contribution < 1.29 is 22.7 Å². The number of benzene rings is 1. The zero-order valence-corrected chi connectivity index (χ0v) is 24.3. The largest absolute Gasteiger partial charge is 0.444 e. The monoisotopic (exact) mass is 546 g/mol. The van der Waals surface area contributed by atoms with E-state index < -0.39 is 33.8 Å². The summed E-state index contributed by atoms with van der Waals surface area (Å²) in [6, 6.07) is 8.60. The second-order valence-electron chi connectivity index (χ2n) is 11.8. The molecule has 210 valence electrons. The van der Waals surface area contributed by atoms with Crippen molar-refractivity contribution in [1.82, 2.24) is 14.5 Å². The first-order valence-corrected chi connectivity index (χ1v) is 15.3. The van der Waals surface area contributed by atoms with Gasteiger partial charge in [0, 0.05) is 25.6 Å². The number of hydrogen-bond donors (Lipinski definition) is 1. The fraction of sp³-hybridized carbons (Fsp3) is 0.679. The van der Waals surface area contributed by atoms with Crippen LogP contribution in [0.5, 0.6) is 0 Å². The van der Waals surface area contributed by atoms with E-state index in [2.05, 4.69) is 11.4 Å². The number of piperidine rings is 2. The van der Waals surface area contributed by atoms with Crippen LogP contribution in [0.15, 0.2) is 24.3 Å². The quantitative estimate of drug-likeness (QED) is 0.580. The Hall–Kier alpha value is -2.64. The van der Waals surface area contributed by atoms with E-state index in [-0.39, 0.29) is 17.9 Å². The minimum atomic E-state index is -3.16. The molecule has 2 aliphatic rings. The summed E-state index contributed by atoms with van der Waals surface area (Å²) < 4.78 is 30.7. The first-order chi connectivity index (χ1) is 17.7. The lowest BCUT2D eigenvalue weighted by Gasteiger charge is -2.43. The van der Waals surface area contributed by atoms with E-state index in [1.807, 2.05) is 38.1 Å². The van der Waals surface area contributed by atoms with Crippen LogP contribution in [-0.4, -0.2) is 72.7 Å². The number of nitrogens with zero attached hydrogens (tertiary/aromatic N) is 3. The highest BCUT2D eigenvalue weighted by Crippen LogP contribution is 2.31. The maximum Gasteiger partial charge on any atom is 0.411 e. The standard InChI is InChI=1S/C28H42N4O5S/c1-19-7-8-20(2)32(27(34)37-28(3,4)5)25(19)26(33)30-24(18-29)17-21-9-11-22(12-10-21)23-13-15-31(16-14-23)38(6,35)36/h9-12,19-20,23-25H,7-8,13-17H2,1-6H3,(H,30,33)/t19-,20+,24+,25+/m1/s1. The molecule has 9 nitrogen and oxygen atoms in total. The number of nitriles is 1. The summed E-state index contributed by atoms with van der Waals surface area (Å²) in [5.74, 6) is -0.107. The number of ether oxygens (including phenoxy) is 1. The molecular weight excluding hydrogens is 504 g/mol. The molecule has 0 unspecified atom stereocenters. The van der Waals surface area contributed by atoms with Crippen LogP contribution in [0.2, 0.25) is 0 Å². The van der Waals surface area contributed by atoms with E-state index in [4.69, 9.17) is 4.74 Å². The fourth-order valence-electron chi connectivity index (χ4n) is 5.41. The van der Waals surface area contributed by atoms with E-state index in [1.165, 1.54) is 15.5 Å². The molecule has 2 amide bonds. The van der Waals surface area contributed by atoms with Crippen LogP contribution in [0.4, 0.5) is 4.79 Å². The van der Waals surface area contributed by atoms with E-state index in [0.717, 1.165) is 36.8 Å². The maximum absolute atomic E-state index is 13.4. The number of carbonyl (C=O) groups excluding carboxylic acids is 2. The molecule has 4 atom stereocenters. The predicted octanol–water partition coefficient (Wildman–Crippen LogP) is 3.80. The highest BCUT2D eigenvalue weighted by molar-refractivity contribution is 7.88. The topological polar surface area (TPSA) is 120 Å². The smallest absolute Gasteiger partial charge is 0.411 e. The minimum absolute atomic E-state index is 0.0635. The van der Waals surface area contributed by atoms with Crippen molar-refractivity contribution in [1.29, 1.82) is 5.26 Å². The first-order valence-electron chi connectivity index (χ1n) is 13.4. The maximum atomic E-state index is 13.4. The summed E-state index contributed by atoms with van der Waals surface area (Å²) in [4.78, 5) is 27.9. The van der Waals surface area contributed by atoms with Crippen molar-refractivity contribution in [2.45, 2.75) is 96.4 Å². The third kappa shape index (κ3) is 7.70. The molecule has 38 heavy (non-hydrogen) atoms. The van der Waals surface area contributed by atoms with E-state index in [0.29, 0.717) is 25.4 Å². The summed E-state index contributed by atoms with van der Waals surface area (Å²) >= 11 is 0. The molecule has 2 saturated heterocycles. The van der Waals surface area contributed by atoms with Crippen molar-refractivity contribution in [3.05, 3.63) is 35.4 Å². The Bertz CT molecular complexity index is 1130. The lowest BCUT2D eigenvalue weighted by atomic mass is 9.86. The molecule has 0 spiro atoms. The van der Waals surface area contributed by atoms with Gasteiger partial charge in [0.15, 0.2) is 0 Å². The number of nitrogens with one attached hydrogen (secondary N) is 1. The second-order valence-corrected chi connectivity index (χ2v) is 13.8. The van der Waals surface area contributed by atoms with Crippen molar-refractivity contribution in [2.24, 2.45) is 5.92 Å². The Morgan fingerprint density at radius 1 is 1.11 bits per heavy atom. The fourth-order valence-corrected chi connectivity index (χ4v) is 6.28. The van der Waals surface area contributed by atoms with Crippen molar-refractivity contribution >= 4 is 22.0 Å². The molecule has 0 aliphatic carbocycles. The van der Waals surface area contributed by atoms with Gasteiger partial charge in [-0.25, -0.2) is 17.5 Å². The van der Waals surface area contributed by atoms with Crippen LogP contribution in [-0.2, 0) is 26.0 Å².